The Labute approximate surface area is 494 Å². The van der Waals surface area contributed by atoms with E-state index in [0.29, 0.717) is 19.3 Å². The van der Waals surface area contributed by atoms with Gasteiger partial charge in [0.05, 0.1) is 0 Å². The zero-order valence-electron chi connectivity index (χ0n) is 52.0. The van der Waals surface area contributed by atoms with Crippen molar-refractivity contribution in [1.29, 1.82) is 0 Å². The van der Waals surface area contributed by atoms with Crippen LogP contribution in [0.4, 0.5) is 0 Å². The number of allylic oxidation sites excluding steroid dienone is 22. The van der Waals surface area contributed by atoms with Gasteiger partial charge in [-0.15, -0.1) is 0 Å². The fraction of sp³-hybridized carbons (Fsp3) is 0.662. The lowest BCUT2D eigenvalue weighted by atomic mass is 10.1. The van der Waals surface area contributed by atoms with Crippen molar-refractivity contribution in [1.82, 2.24) is 0 Å². The summed E-state index contributed by atoms with van der Waals surface area (Å²) in [6, 6.07) is 0. The van der Waals surface area contributed by atoms with Crippen molar-refractivity contribution in [3.63, 3.8) is 0 Å². The third-order valence-corrected chi connectivity index (χ3v) is 13.9. The van der Waals surface area contributed by atoms with Gasteiger partial charge in [-0.1, -0.05) is 289 Å². The Balaban J connectivity index is 4.26. The minimum Gasteiger partial charge on any atom is -0.462 e. The second-order valence-corrected chi connectivity index (χ2v) is 21.6. The number of carbonyl (C=O) groups is 3. The predicted molar refractivity (Wildman–Crippen MR) is 348 cm³/mol. The molecule has 6 nitrogen and oxygen atoms in total. The molecule has 0 rings (SSSR count). The van der Waals surface area contributed by atoms with Crippen LogP contribution >= 0.6 is 0 Å². The van der Waals surface area contributed by atoms with Gasteiger partial charge < -0.3 is 14.2 Å². The van der Waals surface area contributed by atoms with Crippen LogP contribution < -0.4 is 0 Å². The Hall–Kier alpha value is -4.45. The molecule has 0 heterocycles. The summed E-state index contributed by atoms with van der Waals surface area (Å²) >= 11 is 0. The van der Waals surface area contributed by atoms with Crippen LogP contribution in [-0.2, 0) is 28.6 Å². The van der Waals surface area contributed by atoms with Crippen molar-refractivity contribution in [2.24, 2.45) is 0 Å². The quantitative estimate of drug-likeness (QED) is 0.0261. The summed E-state index contributed by atoms with van der Waals surface area (Å²) in [6.07, 6.45) is 94.7. The van der Waals surface area contributed by atoms with E-state index in [-0.39, 0.29) is 31.1 Å². The van der Waals surface area contributed by atoms with Gasteiger partial charge in [-0.2, -0.15) is 0 Å². The molecule has 0 aromatic carbocycles. The van der Waals surface area contributed by atoms with Crippen molar-refractivity contribution in [3.8, 4) is 0 Å². The molecule has 0 aromatic rings. The van der Waals surface area contributed by atoms with Gasteiger partial charge in [0.1, 0.15) is 13.2 Å². The maximum Gasteiger partial charge on any atom is 0.306 e. The molecule has 1 atom stereocenters. The molecule has 0 amide bonds. The Morgan fingerprint density at radius 3 is 0.775 bits per heavy atom. The first-order valence-corrected chi connectivity index (χ1v) is 33.2. The van der Waals surface area contributed by atoms with Crippen LogP contribution in [0.2, 0.25) is 0 Å². The molecule has 80 heavy (non-hydrogen) atoms. The molecule has 0 spiro atoms. The first-order valence-electron chi connectivity index (χ1n) is 33.2. The first kappa shape index (κ1) is 75.5. The van der Waals surface area contributed by atoms with Gasteiger partial charge in [-0.25, -0.2) is 0 Å². The minimum atomic E-state index is -0.792. The molecule has 6 heteroatoms. The summed E-state index contributed by atoms with van der Waals surface area (Å²) < 4.78 is 16.9. The summed E-state index contributed by atoms with van der Waals surface area (Å²) in [6.45, 7) is 6.49. The normalized spacial score (nSPS) is 13.0. The van der Waals surface area contributed by atoms with Gasteiger partial charge in [-0.3, -0.25) is 14.4 Å². The second-order valence-electron chi connectivity index (χ2n) is 21.6. The number of unbranched alkanes of at least 4 members (excludes halogenated alkanes) is 26. The van der Waals surface area contributed by atoms with Crippen molar-refractivity contribution in [2.45, 2.75) is 303 Å². The lowest BCUT2D eigenvalue weighted by molar-refractivity contribution is -0.167. The van der Waals surface area contributed by atoms with Crippen LogP contribution in [0.3, 0.4) is 0 Å². The van der Waals surface area contributed by atoms with Crippen LogP contribution in [0, 0.1) is 0 Å². The van der Waals surface area contributed by atoms with E-state index in [1.807, 2.05) is 0 Å². The maximum absolute atomic E-state index is 12.9. The maximum atomic E-state index is 12.9. The molecule has 0 aliphatic carbocycles. The largest absolute Gasteiger partial charge is 0.462 e. The summed E-state index contributed by atoms with van der Waals surface area (Å²) in [5, 5.41) is 0. The molecule has 0 saturated carbocycles. The van der Waals surface area contributed by atoms with Gasteiger partial charge in [0.25, 0.3) is 0 Å². The van der Waals surface area contributed by atoms with Gasteiger partial charge in [0, 0.05) is 19.3 Å². The third kappa shape index (κ3) is 64.4. The van der Waals surface area contributed by atoms with Crippen molar-refractivity contribution >= 4 is 17.9 Å². The molecule has 0 saturated heterocycles. The van der Waals surface area contributed by atoms with E-state index in [9.17, 15) is 14.4 Å². The average molecular weight is 1110 g/mol. The predicted octanol–water partition coefficient (Wildman–Crippen LogP) is 22.9. The van der Waals surface area contributed by atoms with Gasteiger partial charge in [-0.05, 0) is 122 Å². The van der Waals surface area contributed by atoms with E-state index >= 15 is 0 Å². The molecule has 0 radical (unpaired) electrons. The molecule has 0 aromatic heterocycles. The molecule has 0 aliphatic heterocycles. The number of hydrogen-bond donors (Lipinski definition) is 0. The summed E-state index contributed by atoms with van der Waals surface area (Å²) in [4.78, 5) is 38.2. The molecular weight excluding hydrogens is 985 g/mol. The van der Waals surface area contributed by atoms with Crippen LogP contribution in [-0.4, -0.2) is 37.2 Å². The highest BCUT2D eigenvalue weighted by atomic mass is 16.6. The number of ether oxygens (including phenoxy) is 3. The van der Waals surface area contributed by atoms with Crippen molar-refractivity contribution in [2.75, 3.05) is 13.2 Å². The standard InChI is InChI=1S/C74H122O6/c1-4-7-10-13-16-19-21-23-25-27-29-30-31-32-33-34-35-36-37-38-39-40-41-42-43-44-45-47-48-50-52-55-58-61-64-67-73(76)79-70-71(69-78-72(75)66-63-60-57-54-18-15-12-9-6-3)80-74(77)68-65-62-59-56-53-51-49-46-28-26-24-22-20-17-14-11-8-5-2/h7,10,16,19,23,25-26,28-30,32-33,35-36,38-39,41-42,44-45,48,50,71H,4-6,8-9,11-15,17-18,20-22,24,27,31,34,37,40,43,46-47,49,51-70H2,1-3H3/b10-7-,19-16-,25-23-,28-26-,30-29-,33-32-,36-35-,39-38-,42-41-,45-44-,50-48-. The average Bonchev–Trinajstić information content (AvgIpc) is 3.46. The van der Waals surface area contributed by atoms with Crippen LogP contribution in [0.25, 0.3) is 0 Å². The fourth-order valence-corrected chi connectivity index (χ4v) is 8.94. The molecule has 0 N–H and O–H groups in total. The van der Waals surface area contributed by atoms with E-state index in [1.165, 1.54) is 122 Å². The zero-order chi connectivity index (χ0) is 57.8. The number of carbonyl (C=O) groups excluding carboxylic acids is 3. The third-order valence-electron chi connectivity index (χ3n) is 13.9. The minimum absolute atomic E-state index is 0.0882. The van der Waals surface area contributed by atoms with E-state index in [0.717, 1.165) is 135 Å². The summed E-state index contributed by atoms with van der Waals surface area (Å²) in [5.41, 5.74) is 0. The van der Waals surface area contributed by atoms with Crippen LogP contribution in [0.5, 0.6) is 0 Å². The van der Waals surface area contributed by atoms with Crippen molar-refractivity contribution < 1.29 is 28.6 Å². The van der Waals surface area contributed by atoms with Gasteiger partial charge >= 0.3 is 17.9 Å². The molecule has 0 aliphatic rings. The van der Waals surface area contributed by atoms with Crippen molar-refractivity contribution in [3.05, 3.63) is 134 Å². The number of esters is 3. The monoisotopic (exact) mass is 1110 g/mol. The molecule has 454 valence electrons. The highest BCUT2D eigenvalue weighted by Gasteiger charge is 2.19. The Kier molecular flexibility index (Phi) is 63.3. The Bertz CT molecular complexity index is 1700. The first-order chi connectivity index (χ1) is 39.5. The van der Waals surface area contributed by atoms with E-state index in [2.05, 4.69) is 154 Å². The zero-order valence-corrected chi connectivity index (χ0v) is 52.0. The summed E-state index contributed by atoms with van der Waals surface area (Å²) in [5.74, 6) is -0.918. The van der Waals surface area contributed by atoms with Crippen LogP contribution in [0.1, 0.15) is 297 Å². The van der Waals surface area contributed by atoms with E-state index in [4.69, 9.17) is 14.2 Å². The highest BCUT2D eigenvalue weighted by Crippen LogP contribution is 2.15. The molecule has 1 unspecified atom stereocenters. The summed E-state index contributed by atoms with van der Waals surface area (Å²) in [7, 11) is 0. The number of rotatable bonds is 59. The number of hydrogen-bond acceptors (Lipinski definition) is 6. The Morgan fingerprint density at radius 1 is 0.263 bits per heavy atom. The SMILES string of the molecule is CC/C=C\C/C=C\C/C=C\C/C=C\C/C=C\C/C=C\C/C=C\C/C=C\C/C=C\C/C=C\CCCCCCC(=O)OCC(COC(=O)CCCCCCCCCCC)OC(=O)CCCCCCCCC/C=C\CCCCCCCCC. The van der Waals surface area contributed by atoms with Gasteiger partial charge in [0.15, 0.2) is 6.10 Å². The highest BCUT2D eigenvalue weighted by molar-refractivity contribution is 5.71. The smallest absolute Gasteiger partial charge is 0.306 e. The lowest BCUT2D eigenvalue weighted by Crippen LogP contribution is -2.30. The molecule has 0 bridgehead atoms. The molecule has 0 fully saturated rings. The second kappa shape index (κ2) is 67.1. The topological polar surface area (TPSA) is 78.9 Å². The lowest BCUT2D eigenvalue weighted by Gasteiger charge is -2.18. The van der Waals surface area contributed by atoms with Gasteiger partial charge in [0.2, 0.25) is 0 Å². The van der Waals surface area contributed by atoms with Crippen LogP contribution in [0.15, 0.2) is 134 Å². The van der Waals surface area contributed by atoms with E-state index < -0.39 is 6.10 Å². The Morgan fingerprint density at radius 2 is 0.487 bits per heavy atom. The molecular formula is C74H122O6. The van der Waals surface area contributed by atoms with E-state index in [1.54, 1.807) is 0 Å². The fourth-order valence-electron chi connectivity index (χ4n) is 8.94.